The van der Waals surface area contributed by atoms with Crippen molar-refractivity contribution < 1.29 is 61.9 Å². The molecule has 0 rings (SSSR count). The zero-order valence-electron chi connectivity index (χ0n) is 7.22. The number of halogens is 1. The van der Waals surface area contributed by atoms with Gasteiger partial charge in [-0.05, 0) is 6.42 Å². The minimum atomic E-state index is -3.35. The van der Waals surface area contributed by atoms with Crippen molar-refractivity contribution >= 4 is 11.9 Å². The van der Waals surface area contributed by atoms with Crippen LogP contribution in [-0.2, 0) is 9.59 Å². The molecule has 0 unspecified atom stereocenters. The quantitative estimate of drug-likeness (QED) is 0.305. The Labute approximate surface area is 92.9 Å². The molecule has 0 aliphatic rings. The molecule has 0 N–H and O–H groups in total. The summed E-state index contributed by atoms with van der Waals surface area (Å²) >= 11 is 0. The number of aliphatic carboxylic acids is 2. The minimum Gasteiger partial charge on any atom is -0.546 e. The van der Waals surface area contributed by atoms with Gasteiger partial charge >= 0.3 is 37.7 Å². The fourth-order valence-electron chi connectivity index (χ4n) is 0.372. The van der Waals surface area contributed by atoms with Crippen LogP contribution < -0.4 is 47.9 Å². The fourth-order valence-corrected chi connectivity index (χ4v) is 0.372. The van der Waals surface area contributed by atoms with Gasteiger partial charge in [0.1, 0.15) is 0 Å². The van der Waals surface area contributed by atoms with Crippen molar-refractivity contribution in [1.29, 1.82) is 0 Å². The number of hydrogen-bond acceptors (Lipinski definition) is 4. The summed E-state index contributed by atoms with van der Waals surface area (Å²) in [4.78, 5) is 19.6. The Morgan fingerprint density at radius 1 is 1.25 bits per heavy atom. The molecule has 0 aliphatic heterocycles. The monoisotopic (exact) mass is 162 g/mol. The number of hydrogen-bond donors (Lipinski definition) is 0. The molecule has 12 heavy (non-hydrogen) atoms. The van der Waals surface area contributed by atoms with Crippen LogP contribution in [-0.4, -0.2) is 17.6 Å². The molecule has 0 radical (unpaired) electrons. The van der Waals surface area contributed by atoms with Crippen LogP contribution in [0, 0.1) is 0 Å². The third-order valence-electron chi connectivity index (χ3n) is 1.13. The summed E-state index contributed by atoms with van der Waals surface area (Å²) in [5.41, 5.74) is -3.35. The van der Waals surface area contributed by atoms with E-state index >= 15 is 0 Å². The van der Waals surface area contributed by atoms with Gasteiger partial charge in [0, 0.05) is 0 Å². The van der Waals surface area contributed by atoms with Gasteiger partial charge in [0.05, 0.1) is 11.9 Å². The molecule has 0 amide bonds. The maximum Gasteiger partial charge on any atom is 1.00 e. The SMILES string of the molecule is CCC(F)(C(=O)[O-])C(=O)[O-].[Li+].[Li+]. The molecule has 0 bridgehead atoms. The molecule has 0 aromatic carbocycles. The molecule has 0 aliphatic carbocycles. The second-order valence-corrected chi connectivity index (χ2v) is 1.73. The Balaban J connectivity index is -0.000000405. The van der Waals surface area contributed by atoms with E-state index in [9.17, 15) is 24.2 Å². The maximum absolute atomic E-state index is 12.4. The number of carbonyl (C=O) groups is 2. The summed E-state index contributed by atoms with van der Waals surface area (Å²) in [5, 5.41) is 19.6. The average Bonchev–Trinajstić information content (AvgIpc) is 1.85. The molecule has 0 saturated carbocycles. The van der Waals surface area contributed by atoms with E-state index in [0.717, 1.165) is 6.92 Å². The van der Waals surface area contributed by atoms with Crippen LogP contribution in [0.3, 0.4) is 0 Å². The fraction of sp³-hybridized carbons (Fsp3) is 0.600. The van der Waals surface area contributed by atoms with Gasteiger partial charge in [0.25, 0.3) is 0 Å². The van der Waals surface area contributed by atoms with Crippen LogP contribution in [0.25, 0.3) is 0 Å². The maximum atomic E-state index is 12.4. The summed E-state index contributed by atoms with van der Waals surface area (Å²) in [5.74, 6) is -4.54. The van der Waals surface area contributed by atoms with Crippen molar-refractivity contribution in [3.05, 3.63) is 0 Å². The number of alkyl halides is 1. The molecule has 0 saturated heterocycles. The summed E-state index contributed by atoms with van der Waals surface area (Å²) in [6.07, 6.45) is -0.697. The molecule has 7 heteroatoms. The van der Waals surface area contributed by atoms with Crippen LogP contribution in [0.1, 0.15) is 13.3 Å². The van der Waals surface area contributed by atoms with Crippen LogP contribution in [0.4, 0.5) is 4.39 Å². The first-order chi connectivity index (χ1) is 4.45. The Bertz CT molecular complexity index is 159. The van der Waals surface area contributed by atoms with E-state index < -0.39 is 24.0 Å². The number of rotatable bonds is 3. The van der Waals surface area contributed by atoms with Crippen LogP contribution in [0.15, 0.2) is 0 Å². The summed E-state index contributed by atoms with van der Waals surface area (Å²) in [7, 11) is 0. The Kier molecular flexibility index (Phi) is 9.84. The number of carbonyl (C=O) groups excluding carboxylic acids is 2. The smallest absolute Gasteiger partial charge is 0.546 e. The van der Waals surface area contributed by atoms with E-state index in [1.807, 2.05) is 0 Å². The topological polar surface area (TPSA) is 80.3 Å². The number of carboxylic acid groups (broad SMARTS) is 2. The summed E-state index contributed by atoms with van der Waals surface area (Å²) < 4.78 is 12.4. The van der Waals surface area contributed by atoms with Crippen molar-refractivity contribution in [2.45, 2.75) is 19.0 Å². The predicted octanol–water partition coefficient (Wildman–Crippen LogP) is -8.39. The molecule has 58 valence electrons. The normalized spacial score (nSPS) is 9.17. The Morgan fingerprint density at radius 3 is 1.50 bits per heavy atom. The molecule has 0 fully saturated rings. The van der Waals surface area contributed by atoms with Gasteiger partial charge in [0.2, 0.25) is 0 Å². The van der Waals surface area contributed by atoms with Gasteiger partial charge in [0.15, 0.2) is 5.67 Å². The standard InChI is InChI=1S/C5H7FO4.2Li/c1-2-5(6,3(7)8)4(9)10;;/h2H2,1H3,(H,7,8)(H,9,10);;/q;2*+1/p-2. The molecule has 0 aromatic rings. The van der Waals surface area contributed by atoms with Crippen molar-refractivity contribution in [1.82, 2.24) is 0 Å². The molecular weight excluding hydrogens is 157 g/mol. The van der Waals surface area contributed by atoms with Gasteiger partial charge in [-0.3, -0.25) is 0 Å². The zero-order chi connectivity index (χ0) is 8.36. The van der Waals surface area contributed by atoms with Crippen LogP contribution >= 0.6 is 0 Å². The van der Waals surface area contributed by atoms with E-state index in [1.54, 1.807) is 0 Å². The van der Waals surface area contributed by atoms with Gasteiger partial charge in [-0.15, -0.1) is 0 Å². The van der Waals surface area contributed by atoms with Crippen LogP contribution in [0.2, 0.25) is 0 Å². The van der Waals surface area contributed by atoms with E-state index in [2.05, 4.69) is 0 Å². The second kappa shape index (κ2) is 6.57. The largest absolute Gasteiger partial charge is 1.00 e. The first-order valence-electron chi connectivity index (χ1n) is 2.57. The number of carboxylic acids is 2. The van der Waals surface area contributed by atoms with Gasteiger partial charge in [-0.25, -0.2) is 4.39 Å². The predicted molar refractivity (Wildman–Crippen MR) is 24.1 cm³/mol. The van der Waals surface area contributed by atoms with Gasteiger partial charge < -0.3 is 19.8 Å². The Hall–Kier alpha value is 0.0648. The van der Waals surface area contributed by atoms with Crippen molar-refractivity contribution in [2.24, 2.45) is 0 Å². The van der Waals surface area contributed by atoms with Crippen LogP contribution in [0.5, 0.6) is 0 Å². The van der Waals surface area contributed by atoms with Gasteiger partial charge in [-0.2, -0.15) is 0 Å². The van der Waals surface area contributed by atoms with E-state index in [-0.39, 0.29) is 37.7 Å². The van der Waals surface area contributed by atoms with Gasteiger partial charge in [-0.1, -0.05) is 6.92 Å². The van der Waals surface area contributed by atoms with Crippen molar-refractivity contribution in [3.63, 3.8) is 0 Å². The van der Waals surface area contributed by atoms with Crippen molar-refractivity contribution in [2.75, 3.05) is 0 Å². The molecule has 0 aromatic heterocycles. The molecule has 0 atom stereocenters. The van der Waals surface area contributed by atoms with E-state index in [4.69, 9.17) is 0 Å². The minimum absolute atomic E-state index is 0. The van der Waals surface area contributed by atoms with Crippen molar-refractivity contribution in [3.8, 4) is 0 Å². The third kappa shape index (κ3) is 3.64. The zero-order valence-corrected chi connectivity index (χ0v) is 7.22. The molecule has 0 heterocycles. The molecule has 0 spiro atoms. The molecular formula is C5H5FLi2O4. The summed E-state index contributed by atoms with van der Waals surface area (Å²) in [6, 6.07) is 0. The third-order valence-corrected chi connectivity index (χ3v) is 1.13. The average molecular weight is 162 g/mol. The summed E-state index contributed by atoms with van der Waals surface area (Å²) in [6.45, 7) is 1.08. The van der Waals surface area contributed by atoms with E-state index in [0.29, 0.717) is 0 Å². The first kappa shape index (κ1) is 18.0. The Morgan fingerprint density at radius 2 is 1.50 bits per heavy atom. The molecule has 4 nitrogen and oxygen atoms in total. The second-order valence-electron chi connectivity index (χ2n) is 1.73. The first-order valence-corrected chi connectivity index (χ1v) is 2.57. The van der Waals surface area contributed by atoms with E-state index in [1.165, 1.54) is 0 Å².